The van der Waals surface area contributed by atoms with Gasteiger partial charge in [-0.15, -0.1) is 0 Å². The predicted octanol–water partition coefficient (Wildman–Crippen LogP) is 2.95. The van der Waals surface area contributed by atoms with E-state index in [0.29, 0.717) is 29.9 Å². The highest BCUT2D eigenvalue weighted by Gasteiger charge is 2.30. The Morgan fingerprint density at radius 2 is 1.94 bits per heavy atom. The fourth-order valence-corrected chi connectivity index (χ4v) is 5.66. The summed E-state index contributed by atoms with van der Waals surface area (Å²) in [6.45, 7) is 6.23. The third kappa shape index (κ3) is 5.12. The maximum atomic E-state index is 13.7. The van der Waals surface area contributed by atoms with Crippen LogP contribution in [0.2, 0.25) is 0 Å². The van der Waals surface area contributed by atoms with Gasteiger partial charge in [-0.2, -0.15) is 4.31 Å². The molecule has 1 unspecified atom stereocenters. The van der Waals surface area contributed by atoms with Gasteiger partial charge in [-0.1, -0.05) is 18.2 Å². The second-order valence-corrected chi connectivity index (χ2v) is 10.6. The van der Waals surface area contributed by atoms with Gasteiger partial charge in [0.25, 0.3) is 5.56 Å². The number of benzene rings is 2. The Bertz CT molecular complexity index is 1390. The molecular formula is C25H28N2O6S. The molecule has 4 rings (SSSR count). The molecule has 1 atom stereocenters. The van der Waals surface area contributed by atoms with Crippen molar-refractivity contribution >= 4 is 26.7 Å². The van der Waals surface area contributed by atoms with Gasteiger partial charge in [-0.3, -0.25) is 9.59 Å². The van der Waals surface area contributed by atoms with E-state index in [1.54, 1.807) is 12.1 Å². The molecule has 0 bridgehead atoms. The van der Waals surface area contributed by atoms with E-state index in [1.165, 1.54) is 29.4 Å². The molecule has 9 heteroatoms. The SMILES string of the molecule is CC(=O)c1cccc(S(=O)(=O)N(Cc2cc3c(C)cc(C)cc3[nH]c2=O)CC2COCCO2)c1. The van der Waals surface area contributed by atoms with Crippen LogP contribution in [0.4, 0.5) is 0 Å². The summed E-state index contributed by atoms with van der Waals surface area (Å²) in [4.78, 5) is 27.6. The van der Waals surface area contributed by atoms with Gasteiger partial charge in [0.05, 0.1) is 30.8 Å². The number of carbonyl (C=O) groups excluding carboxylic acids is 1. The van der Waals surface area contributed by atoms with Crippen molar-refractivity contribution in [3.05, 3.63) is 75.1 Å². The quantitative estimate of drug-likeness (QED) is 0.517. The first-order valence-corrected chi connectivity index (χ1v) is 12.5. The first-order valence-electron chi connectivity index (χ1n) is 11.1. The number of aromatic nitrogens is 1. The Hall–Kier alpha value is -2.85. The molecular weight excluding hydrogens is 456 g/mol. The summed E-state index contributed by atoms with van der Waals surface area (Å²) < 4.78 is 39.7. The van der Waals surface area contributed by atoms with Crippen LogP contribution in [-0.4, -0.2) is 56.0 Å². The third-order valence-corrected chi connectivity index (χ3v) is 7.71. The van der Waals surface area contributed by atoms with Gasteiger partial charge in [0, 0.05) is 35.1 Å². The number of ether oxygens (including phenoxy) is 2. The minimum absolute atomic E-state index is 0.0109. The number of aromatic amines is 1. The number of Topliss-reactive ketones (excluding diaryl/α,β-unsaturated/α-hetero) is 1. The van der Waals surface area contributed by atoms with Gasteiger partial charge in [0.2, 0.25) is 10.0 Å². The second-order valence-electron chi connectivity index (χ2n) is 8.62. The number of nitrogens with one attached hydrogen (secondary N) is 1. The maximum Gasteiger partial charge on any atom is 0.252 e. The molecule has 2 aromatic carbocycles. The number of pyridine rings is 1. The van der Waals surface area contributed by atoms with E-state index in [2.05, 4.69) is 4.98 Å². The third-order valence-electron chi connectivity index (χ3n) is 5.91. The molecule has 0 aliphatic carbocycles. The van der Waals surface area contributed by atoms with Crippen LogP contribution < -0.4 is 5.56 Å². The Morgan fingerprint density at radius 3 is 2.65 bits per heavy atom. The first kappa shape index (κ1) is 24.3. The molecule has 1 saturated heterocycles. The lowest BCUT2D eigenvalue weighted by atomic mass is 10.0. The molecule has 0 amide bonds. The summed E-state index contributed by atoms with van der Waals surface area (Å²) in [5.41, 5.74) is 2.99. The molecule has 2 heterocycles. The lowest BCUT2D eigenvalue weighted by molar-refractivity contribution is -0.0923. The highest BCUT2D eigenvalue weighted by atomic mass is 32.2. The minimum Gasteiger partial charge on any atom is -0.376 e. The Kier molecular flexibility index (Phi) is 6.99. The highest BCUT2D eigenvalue weighted by molar-refractivity contribution is 7.89. The number of H-pyrrole nitrogens is 1. The molecule has 1 fully saturated rings. The van der Waals surface area contributed by atoms with Crippen LogP contribution in [0.25, 0.3) is 10.9 Å². The Balaban J connectivity index is 1.76. The van der Waals surface area contributed by atoms with Crippen molar-refractivity contribution in [1.82, 2.24) is 9.29 Å². The summed E-state index contributed by atoms with van der Waals surface area (Å²) in [7, 11) is -4.05. The fraction of sp³-hybridized carbons (Fsp3) is 0.360. The van der Waals surface area contributed by atoms with Gasteiger partial charge in [-0.25, -0.2) is 8.42 Å². The van der Waals surface area contributed by atoms with E-state index >= 15 is 0 Å². The Morgan fingerprint density at radius 1 is 1.15 bits per heavy atom. The number of hydrogen-bond donors (Lipinski definition) is 1. The van der Waals surface area contributed by atoms with Crippen molar-refractivity contribution < 1.29 is 22.7 Å². The topological polar surface area (TPSA) is 106 Å². The van der Waals surface area contributed by atoms with E-state index in [1.807, 2.05) is 26.0 Å². The summed E-state index contributed by atoms with van der Waals surface area (Å²) >= 11 is 0. The number of sulfonamides is 1. The molecule has 8 nitrogen and oxygen atoms in total. The van der Waals surface area contributed by atoms with Crippen LogP contribution in [0.5, 0.6) is 0 Å². The van der Waals surface area contributed by atoms with Gasteiger partial charge in [-0.05, 0) is 56.2 Å². The number of hydrogen-bond acceptors (Lipinski definition) is 6. The Labute approximate surface area is 198 Å². The number of rotatable bonds is 7. The smallest absolute Gasteiger partial charge is 0.252 e. The van der Waals surface area contributed by atoms with Gasteiger partial charge in [0.1, 0.15) is 0 Å². The number of ketones is 1. The summed E-state index contributed by atoms with van der Waals surface area (Å²) in [5, 5.41) is 0.855. The van der Waals surface area contributed by atoms with E-state index < -0.39 is 16.1 Å². The van der Waals surface area contributed by atoms with Crippen LogP contribution in [0.1, 0.15) is 34.0 Å². The van der Waals surface area contributed by atoms with Crippen LogP contribution in [-0.2, 0) is 26.0 Å². The van der Waals surface area contributed by atoms with Crippen molar-refractivity contribution in [2.45, 2.75) is 38.3 Å². The average molecular weight is 485 g/mol. The zero-order chi connectivity index (χ0) is 24.5. The second kappa shape index (κ2) is 9.79. The van der Waals surface area contributed by atoms with Gasteiger partial charge < -0.3 is 14.5 Å². The first-order chi connectivity index (χ1) is 16.1. The van der Waals surface area contributed by atoms with E-state index in [0.717, 1.165) is 16.5 Å². The zero-order valence-corrected chi connectivity index (χ0v) is 20.3. The molecule has 3 aromatic rings. The maximum absolute atomic E-state index is 13.7. The molecule has 1 aliphatic rings. The summed E-state index contributed by atoms with van der Waals surface area (Å²) in [6, 6.07) is 11.6. The fourth-order valence-electron chi connectivity index (χ4n) is 4.16. The van der Waals surface area contributed by atoms with Crippen molar-refractivity contribution in [3.63, 3.8) is 0 Å². The van der Waals surface area contributed by atoms with E-state index in [4.69, 9.17) is 9.47 Å². The molecule has 0 radical (unpaired) electrons. The van der Waals surface area contributed by atoms with Crippen LogP contribution >= 0.6 is 0 Å². The zero-order valence-electron chi connectivity index (χ0n) is 19.5. The number of aryl methyl sites for hydroxylation is 2. The lowest BCUT2D eigenvalue weighted by Gasteiger charge is -2.29. The van der Waals surface area contributed by atoms with Crippen LogP contribution in [0.3, 0.4) is 0 Å². The van der Waals surface area contributed by atoms with Crippen LogP contribution in [0, 0.1) is 13.8 Å². The molecule has 1 aromatic heterocycles. The van der Waals surface area contributed by atoms with Crippen molar-refractivity contribution in [2.75, 3.05) is 26.4 Å². The average Bonchev–Trinajstić information content (AvgIpc) is 2.80. The van der Waals surface area contributed by atoms with Crippen LogP contribution in [0.15, 0.2) is 52.2 Å². The van der Waals surface area contributed by atoms with Gasteiger partial charge in [0.15, 0.2) is 5.78 Å². The number of nitrogens with zero attached hydrogens (tertiary/aromatic N) is 1. The summed E-state index contributed by atoms with van der Waals surface area (Å²) in [5.74, 6) is -0.232. The number of fused-ring (bicyclic) bond motifs is 1. The normalized spacial score (nSPS) is 16.8. The standard InChI is InChI=1S/C25H28N2O6S/c1-16-9-17(2)23-12-20(25(29)26-24(23)10-16)13-27(14-21-15-32-7-8-33-21)34(30,31)22-6-4-5-19(11-22)18(3)28/h4-6,9-12,21H,7-8,13-15H2,1-3H3,(H,26,29). The van der Waals surface area contributed by atoms with Crippen molar-refractivity contribution in [1.29, 1.82) is 0 Å². The molecule has 1 aliphatic heterocycles. The van der Waals surface area contributed by atoms with E-state index in [-0.39, 0.29) is 35.9 Å². The molecule has 1 N–H and O–H groups in total. The van der Waals surface area contributed by atoms with Crippen molar-refractivity contribution in [3.8, 4) is 0 Å². The van der Waals surface area contributed by atoms with Gasteiger partial charge >= 0.3 is 0 Å². The molecule has 34 heavy (non-hydrogen) atoms. The highest BCUT2D eigenvalue weighted by Crippen LogP contribution is 2.23. The summed E-state index contributed by atoms with van der Waals surface area (Å²) in [6.07, 6.45) is -0.469. The lowest BCUT2D eigenvalue weighted by Crippen LogP contribution is -2.43. The largest absolute Gasteiger partial charge is 0.376 e. The van der Waals surface area contributed by atoms with Crippen molar-refractivity contribution in [2.24, 2.45) is 0 Å². The molecule has 180 valence electrons. The monoisotopic (exact) mass is 484 g/mol. The number of carbonyl (C=O) groups is 1. The minimum atomic E-state index is -4.05. The molecule has 0 saturated carbocycles. The van der Waals surface area contributed by atoms with E-state index in [9.17, 15) is 18.0 Å². The predicted molar refractivity (Wildman–Crippen MR) is 129 cm³/mol. The molecule has 0 spiro atoms.